The smallest absolute Gasteiger partial charge is 0.418 e. The number of aromatic nitrogens is 1. The molecule has 0 fully saturated rings. The summed E-state index contributed by atoms with van der Waals surface area (Å²) in [5.74, 6) is 0.734. The molecule has 188 valence electrons. The molecular weight excluding hydrogens is 489 g/mol. The van der Waals surface area contributed by atoms with E-state index in [1.165, 1.54) is 24.4 Å². The topological polar surface area (TPSA) is 82.3 Å². The molecule has 1 heterocycles. The largest absolute Gasteiger partial charge is 0.457 e. The molecule has 0 aliphatic carbocycles. The summed E-state index contributed by atoms with van der Waals surface area (Å²) in [6.45, 7) is 3.66. The average molecular weight is 515 g/mol. The number of nitrogens with zero attached hydrogens (tertiary/aromatic N) is 1. The fourth-order valence-corrected chi connectivity index (χ4v) is 5.58. The lowest BCUT2D eigenvalue weighted by Crippen LogP contribution is -2.21. The Morgan fingerprint density at radius 1 is 1.00 bits per heavy atom. The molecule has 0 radical (unpaired) electrons. The van der Waals surface area contributed by atoms with Crippen molar-refractivity contribution in [3.8, 4) is 22.6 Å². The molecule has 4 aromatic rings. The van der Waals surface area contributed by atoms with Crippen LogP contribution in [0.4, 0.5) is 13.2 Å². The normalized spacial score (nSPS) is 13.1. The van der Waals surface area contributed by atoms with E-state index in [-0.39, 0.29) is 17.0 Å². The maximum atomic E-state index is 13.6. The van der Waals surface area contributed by atoms with Gasteiger partial charge >= 0.3 is 6.18 Å². The zero-order valence-electron chi connectivity index (χ0n) is 19.7. The number of para-hydroxylation sites is 1. The summed E-state index contributed by atoms with van der Waals surface area (Å²) in [7, 11) is -3.57. The maximum absolute atomic E-state index is 13.6. The van der Waals surface area contributed by atoms with Crippen molar-refractivity contribution >= 4 is 20.7 Å². The van der Waals surface area contributed by atoms with Gasteiger partial charge in [-0.25, -0.2) is 8.42 Å². The summed E-state index contributed by atoms with van der Waals surface area (Å²) in [5, 5.41) is -0.255. The van der Waals surface area contributed by atoms with Gasteiger partial charge in [0.25, 0.3) is 0 Å². The van der Waals surface area contributed by atoms with Crippen molar-refractivity contribution in [3.63, 3.8) is 0 Å². The summed E-state index contributed by atoms with van der Waals surface area (Å²) in [6, 6.07) is 17.1. The first-order valence-corrected chi connectivity index (χ1v) is 12.8. The number of benzene rings is 3. The first-order chi connectivity index (χ1) is 17.0. The number of fused-ring (bicyclic) bond motifs is 1. The highest BCUT2D eigenvalue weighted by Crippen LogP contribution is 2.39. The lowest BCUT2D eigenvalue weighted by Gasteiger charge is -2.15. The van der Waals surface area contributed by atoms with E-state index in [1.54, 1.807) is 56.3 Å². The molecule has 0 bridgehead atoms. The van der Waals surface area contributed by atoms with Gasteiger partial charge in [0.15, 0.2) is 9.84 Å². The second-order valence-corrected chi connectivity index (χ2v) is 10.9. The van der Waals surface area contributed by atoms with Crippen molar-refractivity contribution in [3.05, 3.63) is 84.1 Å². The van der Waals surface area contributed by atoms with E-state index in [0.29, 0.717) is 40.0 Å². The van der Waals surface area contributed by atoms with E-state index in [1.807, 2.05) is 0 Å². The first kappa shape index (κ1) is 25.7. The maximum Gasteiger partial charge on any atom is 0.418 e. The highest BCUT2D eigenvalue weighted by Gasteiger charge is 2.33. The third-order valence-corrected chi connectivity index (χ3v) is 8.19. The molecular formula is C27H25F3N2O3S. The quantitative estimate of drug-likeness (QED) is 0.303. The number of ether oxygens (including phenoxy) is 1. The predicted molar refractivity (Wildman–Crippen MR) is 134 cm³/mol. The predicted octanol–water partition coefficient (Wildman–Crippen LogP) is 6.53. The molecule has 9 heteroatoms. The Morgan fingerprint density at radius 3 is 2.36 bits per heavy atom. The standard InChI is InChI=1S/C27H25F3N2O3S/c1-17-16-32-26-23(10-5-11-24(26)27(28,29)30)25(17)19-6-3-7-20(14-19)35-21-8-4-9-22(15-21)36(33,34)18(2)12-13-31/h3-11,14-16,18H,12-13,31H2,1-2H3. The van der Waals surface area contributed by atoms with Crippen molar-refractivity contribution in [2.75, 3.05) is 6.54 Å². The van der Waals surface area contributed by atoms with Gasteiger partial charge in [0.2, 0.25) is 0 Å². The second-order valence-electron chi connectivity index (χ2n) is 8.55. The zero-order chi connectivity index (χ0) is 26.1. The van der Waals surface area contributed by atoms with E-state index in [2.05, 4.69) is 4.98 Å². The number of nitrogens with two attached hydrogens (primary N) is 1. The molecule has 1 unspecified atom stereocenters. The van der Waals surface area contributed by atoms with Crippen LogP contribution in [0.1, 0.15) is 24.5 Å². The number of rotatable bonds is 7. The monoisotopic (exact) mass is 514 g/mol. The van der Waals surface area contributed by atoms with Crippen LogP contribution in [0.2, 0.25) is 0 Å². The van der Waals surface area contributed by atoms with Gasteiger partial charge in [-0.05, 0) is 79.9 Å². The molecule has 0 spiro atoms. The zero-order valence-corrected chi connectivity index (χ0v) is 20.5. The third kappa shape index (κ3) is 5.08. The van der Waals surface area contributed by atoms with Gasteiger partial charge in [-0.1, -0.05) is 30.3 Å². The van der Waals surface area contributed by atoms with Crippen molar-refractivity contribution in [2.24, 2.45) is 5.73 Å². The van der Waals surface area contributed by atoms with Gasteiger partial charge in [-0.2, -0.15) is 13.2 Å². The summed E-state index contributed by atoms with van der Waals surface area (Å²) in [5.41, 5.74) is 6.58. The van der Waals surface area contributed by atoms with Crippen LogP contribution in [0.25, 0.3) is 22.0 Å². The number of alkyl halides is 3. The summed E-state index contributed by atoms with van der Waals surface area (Å²) < 4.78 is 72.3. The van der Waals surface area contributed by atoms with Crippen LogP contribution in [0.15, 0.2) is 77.8 Å². The van der Waals surface area contributed by atoms with Gasteiger partial charge in [-0.15, -0.1) is 0 Å². The minimum Gasteiger partial charge on any atom is -0.457 e. The minimum atomic E-state index is -4.53. The number of hydrogen-bond donors (Lipinski definition) is 1. The minimum absolute atomic E-state index is 0.124. The van der Waals surface area contributed by atoms with Crippen molar-refractivity contribution < 1.29 is 26.3 Å². The lowest BCUT2D eigenvalue weighted by atomic mass is 9.95. The molecule has 4 rings (SSSR count). The van der Waals surface area contributed by atoms with Crippen LogP contribution >= 0.6 is 0 Å². The molecule has 0 saturated heterocycles. The molecule has 0 saturated carbocycles. The second kappa shape index (κ2) is 9.91. The van der Waals surface area contributed by atoms with Crippen LogP contribution in [0, 0.1) is 6.92 Å². The molecule has 0 aliphatic heterocycles. The molecule has 1 atom stereocenters. The van der Waals surface area contributed by atoms with Crippen LogP contribution < -0.4 is 10.5 Å². The van der Waals surface area contributed by atoms with Crippen molar-refractivity contribution in [1.82, 2.24) is 4.98 Å². The van der Waals surface area contributed by atoms with E-state index in [9.17, 15) is 21.6 Å². The molecule has 36 heavy (non-hydrogen) atoms. The number of halogens is 3. The Morgan fingerprint density at radius 2 is 1.67 bits per heavy atom. The molecule has 2 N–H and O–H groups in total. The Kier molecular flexibility index (Phi) is 7.06. The summed E-state index contributed by atoms with van der Waals surface area (Å²) >= 11 is 0. The van der Waals surface area contributed by atoms with Crippen LogP contribution in [-0.2, 0) is 16.0 Å². The molecule has 3 aromatic carbocycles. The Balaban J connectivity index is 1.73. The number of sulfone groups is 1. The van der Waals surface area contributed by atoms with E-state index >= 15 is 0 Å². The fraction of sp³-hybridized carbons (Fsp3) is 0.222. The number of pyridine rings is 1. The Hall–Kier alpha value is -3.43. The molecule has 1 aromatic heterocycles. The first-order valence-electron chi connectivity index (χ1n) is 11.3. The highest BCUT2D eigenvalue weighted by atomic mass is 32.2. The van der Waals surface area contributed by atoms with Gasteiger partial charge in [0.1, 0.15) is 11.5 Å². The molecule has 0 amide bonds. The number of aryl methyl sites for hydroxylation is 1. The summed E-state index contributed by atoms with van der Waals surface area (Å²) in [4.78, 5) is 4.20. The molecule has 0 aliphatic rings. The Labute approximate surface area is 207 Å². The van der Waals surface area contributed by atoms with Crippen molar-refractivity contribution in [2.45, 2.75) is 36.6 Å². The SMILES string of the molecule is Cc1cnc2c(C(F)(F)F)cccc2c1-c1cccc(Oc2cccc(S(=O)(=O)C(C)CCN)c2)c1. The van der Waals surface area contributed by atoms with Crippen LogP contribution in [0.5, 0.6) is 11.5 Å². The van der Waals surface area contributed by atoms with E-state index in [4.69, 9.17) is 10.5 Å². The summed E-state index contributed by atoms with van der Waals surface area (Å²) in [6.07, 6.45) is -2.76. The van der Waals surface area contributed by atoms with Crippen LogP contribution in [-0.4, -0.2) is 25.2 Å². The van der Waals surface area contributed by atoms with Gasteiger partial charge < -0.3 is 10.5 Å². The van der Waals surface area contributed by atoms with E-state index < -0.39 is 26.8 Å². The van der Waals surface area contributed by atoms with Crippen LogP contribution in [0.3, 0.4) is 0 Å². The lowest BCUT2D eigenvalue weighted by molar-refractivity contribution is -0.136. The van der Waals surface area contributed by atoms with E-state index in [0.717, 1.165) is 6.07 Å². The Bertz CT molecular complexity index is 1520. The number of hydrogen-bond acceptors (Lipinski definition) is 5. The third-order valence-electron chi connectivity index (χ3n) is 5.99. The van der Waals surface area contributed by atoms with Gasteiger partial charge in [-0.3, -0.25) is 4.98 Å². The highest BCUT2D eigenvalue weighted by molar-refractivity contribution is 7.92. The van der Waals surface area contributed by atoms with Gasteiger partial charge in [0, 0.05) is 11.6 Å². The molecule has 5 nitrogen and oxygen atoms in total. The average Bonchev–Trinajstić information content (AvgIpc) is 2.83. The fourth-order valence-electron chi connectivity index (χ4n) is 4.12. The van der Waals surface area contributed by atoms with Gasteiger partial charge in [0.05, 0.1) is 21.2 Å². The van der Waals surface area contributed by atoms with Crippen molar-refractivity contribution in [1.29, 1.82) is 0 Å².